The lowest BCUT2D eigenvalue weighted by molar-refractivity contribution is -0.130. The number of anilines is 1. The third-order valence-electron chi connectivity index (χ3n) is 5.13. The van der Waals surface area contributed by atoms with Crippen LogP contribution in [0.4, 0.5) is 5.69 Å². The Bertz CT molecular complexity index is 555. The molecule has 0 aliphatic carbocycles. The topological polar surface area (TPSA) is 36.0 Å². The zero-order chi connectivity index (χ0) is 16.9. The number of hydrogen-bond donors (Lipinski definition) is 0. The molecule has 2 heterocycles. The van der Waals surface area contributed by atoms with Crippen molar-refractivity contribution in [2.45, 2.75) is 25.3 Å². The van der Waals surface area contributed by atoms with E-state index in [1.54, 1.807) is 0 Å². The van der Waals surface area contributed by atoms with Crippen molar-refractivity contribution >= 4 is 11.6 Å². The molecule has 24 heavy (non-hydrogen) atoms. The van der Waals surface area contributed by atoms with Gasteiger partial charge in [0.15, 0.2) is 0 Å². The van der Waals surface area contributed by atoms with Gasteiger partial charge >= 0.3 is 0 Å². The van der Waals surface area contributed by atoms with Crippen LogP contribution in [0.25, 0.3) is 0 Å². The highest BCUT2D eigenvalue weighted by Gasteiger charge is 2.30. The molecule has 0 aromatic heterocycles. The molecule has 2 aliphatic heterocycles. The molecule has 2 fully saturated rings. The summed E-state index contributed by atoms with van der Waals surface area (Å²) in [5.41, 5.74) is 2.42. The Labute approximate surface area is 145 Å². The van der Waals surface area contributed by atoms with E-state index < -0.39 is 0 Å². The van der Waals surface area contributed by atoms with Gasteiger partial charge in [-0.1, -0.05) is 12.1 Å². The highest BCUT2D eigenvalue weighted by molar-refractivity contribution is 5.76. The van der Waals surface area contributed by atoms with Gasteiger partial charge in [0, 0.05) is 58.4 Å². The standard InChI is InChI=1S/C19H29N3O2/c1-20(2)17-5-3-4-16(14-17)6-7-19(23)22-9-8-18(15-22)21-10-12-24-13-11-21/h3-5,14,18H,6-13,15H2,1-2H3/t18-/m0/s1. The number of morpholine rings is 1. The van der Waals surface area contributed by atoms with Gasteiger partial charge in [0.05, 0.1) is 13.2 Å². The number of ether oxygens (including phenoxy) is 1. The van der Waals surface area contributed by atoms with Crippen LogP contribution in [0.15, 0.2) is 24.3 Å². The average molecular weight is 331 g/mol. The van der Waals surface area contributed by atoms with Crippen molar-refractivity contribution in [3.05, 3.63) is 29.8 Å². The lowest BCUT2D eigenvalue weighted by atomic mass is 10.1. The van der Waals surface area contributed by atoms with E-state index in [2.05, 4.69) is 39.0 Å². The minimum Gasteiger partial charge on any atom is -0.379 e. The van der Waals surface area contributed by atoms with Crippen LogP contribution >= 0.6 is 0 Å². The smallest absolute Gasteiger partial charge is 0.222 e. The number of carbonyl (C=O) groups is 1. The second-order valence-electron chi connectivity index (χ2n) is 6.99. The molecule has 2 aliphatic rings. The molecule has 2 saturated heterocycles. The molecule has 3 rings (SSSR count). The van der Waals surface area contributed by atoms with Crippen LogP contribution in [0.2, 0.25) is 0 Å². The van der Waals surface area contributed by atoms with E-state index in [4.69, 9.17) is 4.74 Å². The second kappa shape index (κ2) is 7.99. The first-order chi connectivity index (χ1) is 11.6. The molecular weight excluding hydrogens is 302 g/mol. The Morgan fingerprint density at radius 1 is 1.25 bits per heavy atom. The summed E-state index contributed by atoms with van der Waals surface area (Å²) in [6.45, 7) is 5.45. The summed E-state index contributed by atoms with van der Waals surface area (Å²) in [6.07, 6.45) is 2.52. The third kappa shape index (κ3) is 4.28. The van der Waals surface area contributed by atoms with Gasteiger partial charge < -0.3 is 14.5 Å². The fraction of sp³-hybridized carbons (Fsp3) is 0.632. The van der Waals surface area contributed by atoms with Crippen molar-refractivity contribution in [2.75, 3.05) is 58.4 Å². The summed E-state index contributed by atoms with van der Waals surface area (Å²) in [5, 5.41) is 0. The highest BCUT2D eigenvalue weighted by Crippen LogP contribution is 2.19. The maximum atomic E-state index is 12.5. The van der Waals surface area contributed by atoms with Crippen molar-refractivity contribution in [3.8, 4) is 0 Å². The van der Waals surface area contributed by atoms with Crippen molar-refractivity contribution in [1.82, 2.24) is 9.80 Å². The van der Waals surface area contributed by atoms with E-state index in [0.29, 0.717) is 18.4 Å². The molecular formula is C19H29N3O2. The van der Waals surface area contributed by atoms with Gasteiger partial charge in [-0.25, -0.2) is 0 Å². The van der Waals surface area contributed by atoms with Crippen LogP contribution < -0.4 is 4.90 Å². The minimum atomic E-state index is 0.293. The van der Waals surface area contributed by atoms with Crippen LogP contribution in [0.5, 0.6) is 0 Å². The van der Waals surface area contributed by atoms with Gasteiger partial charge in [-0.2, -0.15) is 0 Å². The first kappa shape index (κ1) is 17.2. The molecule has 1 amide bonds. The summed E-state index contributed by atoms with van der Waals surface area (Å²) < 4.78 is 5.42. The summed E-state index contributed by atoms with van der Waals surface area (Å²) in [4.78, 5) is 19.2. The predicted octanol–water partition coefficient (Wildman–Crippen LogP) is 1.62. The molecule has 5 heteroatoms. The maximum Gasteiger partial charge on any atom is 0.222 e. The first-order valence-electron chi connectivity index (χ1n) is 8.99. The molecule has 0 spiro atoms. The van der Waals surface area contributed by atoms with E-state index in [-0.39, 0.29) is 0 Å². The lowest BCUT2D eigenvalue weighted by Crippen LogP contribution is -2.45. The number of likely N-dealkylation sites (tertiary alicyclic amines) is 1. The van der Waals surface area contributed by atoms with Gasteiger partial charge in [0.2, 0.25) is 5.91 Å². The first-order valence-corrected chi connectivity index (χ1v) is 8.99. The molecule has 5 nitrogen and oxygen atoms in total. The minimum absolute atomic E-state index is 0.293. The van der Waals surface area contributed by atoms with Crippen LogP contribution in [0.1, 0.15) is 18.4 Å². The molecule has 0 saturated carbocycles. The summed E-state index contributed by atoms with van der Waals surface area (Å²) in [5.74, 6) is 0.293. The number of amides is 1. The zero-order valence-corrected chi connectivity index (χ0v) is 14.9. The molecule has 0 N–H and O–H groups in total. The molecule has 132 valence electrons. The quantitative estimate of drug-likeness (QED) is 0.821. The Hall–Kier alpha value is -1.59. The van der Waals surface area contributed by atoms with Crippen LogP contribution in [-0.4, -0.2) is 75.2 Å². The van der Waals surface area contributed by atoms with Crippen LogP contribution in [0, 0.1) is 0 Å². The molecule has 0 unspecified atom stereocenters. The fourth-order valence-electron chi connectivity index (χ4n) is 3.61. The van der Waals surface area contributed by atoms with Crippen molar-refractivity contribution in [3.63, 3.8) is 0 Å². The van der Waals surface area contributed by atoms with Gasteiger partial charge in [-0.05, 0) is 30.5 Å². The van der Waals surface area contributed by atoms with E-state index in [1.165, 1.54) is 11.3 Å². The van der Waals surface area contributed by atoms with E-state index in [9.17, 15) is 4.79 Å². The fourth-order valence-corrected chi connectivity index (χ4v) is 3.61. The average Bonchev–Trinajstić information content (AvgIpc) is 3.11. The van der Waals surface area contributed by atoms with Crippen molar-refractivity contribution in [2.24, 2.45) is 0 Å². The highest BCUT2D eigenvalue weighted by atomic mass is 16.5. The largest absolute Gasteiger partial charge is 0.379 e. The number of carbonyl (C=O) groups excluding carboxylic acids is 1. The Morgan fingerprint density at radius 2 is 2.04 bits per heavy atom. The molecule has 0 bridgehead atoms. The van der Waals surface area contributed by atoms with Crippen LogP contribution in [-0.2, 0) is 16.0 Å². The summed E-state index contributed by atoms with van der Waals surface area (Å²) in [6, 6.07) is 8.97. The van der Waals surface area contributed by atoms with Gasteiger partial charge in [-0.15, -0.1) is 0 Å². The van der Waals surface area contributed by atoms with Gasteiger partial charge in [-0.3, -0.25) is 9.69 Å². The number of rotatable bonds is 5. The normalized spacial score (nSPS) is 21.9. The number of aryl methyl sites for hydroxylation is 1. The molecule has 0 radical (unpaired) electrons. The third-order valence-corrected chi connectivity index (χ3v) is 5.13. The van der Waals surface area contributed by atoms with Gasteiger partial charge in [0.25, 0.3) is 0 Å². The van der Waals surface area contributed by atoms with Crippen molar-refractivity contribution < 1.29 is 9.53 Å². The lowest BCUT2D eigenvalue weighted by Gasteiger charge is -2.32. The predicted molar refractivity (Wildman–Crippen MR) is 96.5 cm³/mol. The monoisotopic (exact) mass is 331 g/mol. The Kier molecular flexibility index (Phi) is 5.74. The Morgan fingerprint density at radius 3 is 2.79 bits per heavy atom. The molecule has 1 aromatic rings. The molecule has 1 atom stereocenters. The maximum absolute atomic E-state index is 12.5. The molecule has 1 aromatic carbocycles. The second-order valence-corrected chi connectivity index (χ2v) is 6.99. The number of nitrogens with zero attached hydrogens (tertiary/aromatic N) is 3. The van der Waals surface area contributed by atoms with E-state index in [0.717, 1.165) is 52.2 Å². The zero-order valence-electron chi connectivity index (χ0n) is 14.9. The van der Waals surface area contributed by atoms with Crippen molar-refractivity contribution in [1.29, 1.82) is 0 Å². The van der Waals surface area contributed by atoms with Crippen LogP contribution in [0.3, 0.4) is 0 Å². The summed E-state index contributed by atoms with van der Waals surface area (Å²) >= 11 is 0. The van der Waals surface area contributed by atoms with E-state index >= 15 is 0 Å². The Balaban J connectivity index is 1.48. The van der Waals surface area contributed by atoms with E-state index in [1.807, 2.05) is 14.1 Å². The van der Waals surface area contributed by atoms with Gasteiger partial charge in [0.1, 0.15) is 0 Å². The number of hydrogen-bond acceptors (Lipinski definition) is 4. The summed E-state index contributed by atoms with van der Waals surface area (Å²) in [7, 11) is 4.08. The number of benzene rings is 1. The SMILES string of the molecule is CN(C)c1cccc(CCC(=O)N2CC[C@H](N3CCOCC3)C2)c1.